The highest BCUT2D eigenvalue weighted by atomic mass is 127. The van der Waals surface area contributed by atoms with Crippen molar-refractivity contribution in [1.29, 1.82) is 0 Å². The number of aliphatic imine (C=N–C) groups is 1. The van der Waals surface area contributed by atoms with Gasteiger partial charge in [0.2, 0.25) is 5.91 Å². The Morgan fingerprint density at radius 1 is 1.11 bits per heavy atom. The lowest BCUT2D eigenvalue weighted by atomic mass is 9.56. The smallest absolute Gasteiger partial charge is 0.225 e. The van der Waals surface area contributed by atoms with E-state index >= 15 is 0 Å². The average Bonchev–Trinajstić information content (AvgIpc) is 2.71. The van der Waals surface area contributed by atoms with Crippen molar-refractivity contribution >= 4 is 35.8 Å². The van der Waals surface area contributed by atoms with Crippen molar-refractivity contribution < 1.29 is 14.3 Å². The van der Waals surface area contributed by atoms with E-state index in [9.17, 15) is 4.79 Å². The number of hydrogen-bond donors (Lipinski definition) is 1. The quantitative estimate of drug-likeness (QED) is 0.359. The standard InChI is InChI=1S/C20H36N4O3.HI/c1-19(2)16(14-20(19,3)26-5)22-18(21-4)24-8-6-15(7-9-24)17(25)23-10-12-27-13-11-23;/h15-16H,6-14H2,1-5H3,(H,21,22);1H. The molecule has 3 fully saturated rings. The van der Waals surface area contributed by atoms with Crippen molar-refractivity contribution in [2.45, 2.75) is 51.7 Å². The van der Waals surface area contributed by atoms with E-state index in [-0.39, 0.29) is 40.9 Å². The first-order valence-electron chi connectivity index (χ1n) is 10.2. The molecule has 1 saturated carbocycles. The third-order valence-electron chi connectivity index (χ3n) is 7.26. The van der Waals surface area contributed by atoms with Crippen LogP contribution in [0.15, 0.2) is 4.99 Å². The number of halogens is 1. The second-order valence-electron chi connectivity index (χ2n) is 8.80. The molecule has 0 aromatic heterocycles. The largest absolute Gasteiger partial charge is 0.378 e. The minimum atomic E-state index is -0.0961. The van der Waals surface area contributed by atoms with Gasteiger partial charge < -0.3 is 24.6 Å². The molecule has 2 unspecified atom stereocenters. The summed E-state index contributed by atoms with van der Waals surface area (Å²) in [7, 11) is 3.64. The van der Waals surface area contributed by atoms with Gasteiger partial charge >= 0.3 is 0 Å². The lowest BCUT2D eigenvalue weighted by Crippen LogP contribution is -2.69. The molecule has 1 amide bonds. The minimum Gasteiger partial charge on any atom is -0.378 e. The number of nitrogens with one attached hydrogen (secondary N) is 1. The molecule has 2 atom stereocenters. The molecule has 0 aromatic rings. The monoisotopic (exact) mass is 508 g/mol. The molecular formula is C20H37IN4O3. The summed E-state index contributed by atoms with van der Waals surface area (Å²) in [5.74, 6) is 1.38. The Hall–Kier alpha value is -0.610. The first-order chi connectivity index (χ1) is 12.8. The van der Waals surface area contributed by atoms with E-state index in [2.05, 4.69) is 36.0 Å². The van der Waals surface area contributed by atoms with Crippen molar-refractivity contribution in [3.05, 3.63) is 0 Å². The predicted molar refractivity (Wildman–Crippen MR) is 121 cm³/mol. The van der Waals surface area contributed by atoms with E-state index in [0.29, 0.717) is 25.2 Å². The van der Waals surface area contributed by atoms with Crippen LogP contribution in [-0.2, 0) is 14.3 Å². The van der Waals surface area contributed by atoms with E-state index < -0.39 is 0 Å². The summed E-state index contributed by atoms with van der Waals surface area (Å²) >= 11 is 0. The van der Waals surface area contributed by atoms with Gasteiger partial charge in [-0.15, -0.1) is 24.0 Å². The van der Waals surface area contributed by atoms with E-state index in [1.807, 2.05) is 11.9 Å². The fourth-order valence-electron chi connectivity index (χ4n) is 4.56. The van der Waals surface area contributed by atoms with Crippen LogP contribution in [0.2, 0.25) is 0 Å². The highest BCUT2D eigenvalue weighted by Gasteiger charge is 2.58. The van der Waals surface area contributed by atoms with Crippen LogP contribution in [0.25, 0.3) is 0 Å². The number of amides is 1. The summed E-state index contributed by atoms with van der Waals surface area (Å²) in [6.07, 6.45) is 2.75. The number of hydrogen-bond acceptors (Lipinski definition) is 4. The number of piperidine rings is 1. The molecule has 162 valence electrons. The van der Waals surface area contributed by atoms with Gasteiger partial charge in [0.15, 0.2) is 5.96 Å². The predicted octanol–water partition coefficient (Wildman–Crippen LogP) is 1.95. The average molecular weight is 508 g/mol. The van der Waals surface area contributed by atoms with Crippen LogP contribution >= 0.6 is 24.0 Å². The summed E-state index contributed by atoms with van der Waals surface area (Å²) in [6, 6.07) is 0.342. The van der Waals surface area contributed by atoms with Gasteiger partial charge in [-0.25, -0.2) is 0 Å². The van der Waals surface area contributed by atoms with Gasteiger partial charge in [-0.1, -0.05) is 13.8 Å². The van der Waals surface area contributed by atoms with Gasteiger partial charge in [0.1, 0.15) is 0 Å². The van der Waals surface area contributed by atoms with Crippen LogP contribution in [0, 0.1) is 11.3 Å². The second-order valence-corrected chi connectivity index (χ2v) is 8.80. The molecule has 1 aliphatic carbocycles. The molecule has 0 spiro atoms. The Morgan fingerprint density at radius 3 is 2.21 bits per heavy atom. The first kappa shape index (κ1) is 23.7. The van der Waals surface area contributed by atoms with E-state index in [1.165, 1.54) is 0 Å². The third-order valence-corrected chi connectivity index (χ3v) is 7.26. The van der Waals surface area contributed by atoms with E-state index in [1.54, 1.807) is 7.11 Å². The maximum absolute atomic E-state index is 12.7. The molecule has 2 aliphatic heterocycles. The van der Waals surface area contributed by atoms with Crippen molar-refractivity contribution in [2.24, 2.45) is 16.3 Å². The number of guanidine groups is 1. The molecule has 7 nitrogen and oxygen atoms in total. The number of nitrogens with zero attached hydrogens (tertiary/aromatic N) is 3. The van der Waals surface area contributed by atoms with E-state index in [0.717, 1.165) is 51.4 Å². The second kappa shape index (κ2) is 9.47. The zero-order valence-electron chi connectivity index (χ0n) is 18.0. The Kier molecular flexibility index (Phi) is 8.00. The number of carbonyl (C=O) groups excluding carboxylic acids is 1. The van der Waals surface area contributed by atoms with Gasteiger partial charge in [-0.05, 0) is 26.2 Å². The molecule has 0 aromatic carbocycles. The number of rotatable bonds is 3. The minimum absolute atomic E-state index is 0. The molecule has 28 heavy (non-hydrogen) atoms. The first-order valence-corrected chi connectivity index (χ1v) is 10.2. The number of carbonyl (C=O) groups is 1. The zero-order chi connectivity index (χ0) is 19.7. The number of morpholine rings is 1. The van der Waals surface area contributed by atoms with Crippen molar-refractivity contribution in [2.75, 3.05) is 53.6 Å². The molecule has 0 bridgehead atoms. The van der Waals surface area contributed by atoms with Crippen LogP contribution < -0.4 is 5.32 Å². The normalized spacial score (nSPS) is 31.0. The van der Waals surface area contributed by atoms with Crippen molar-refractivity contribution in [3.8, 4) is 0 Å². The molecule has 3 aliphatic rings. The summed E-state index contributed by atoms with van der Waals surface area (Å²) in [5.41, 5.74) is -0.0522. The van der Waals surface area contributed by atoms with Crippen molar-refractivity contribution in [1.82, 2.24) is 15.1 Å². The fraction of sp³-hybridized carbons (Fsp3) is 0.900. The molecule has 2 saturated heterocycles. The summed E-state index contributed by atoms with van der Waals surface area (Å²) in [5, 5.41) is 3.64. The number of likely N-dealkylation sites (tertiary alicyclic amines) is 1. The molecule has 1 N–H and O–H groups in total. The Morgan fingerprint density at radius 2 is 1.71 bits per heavy atom. The third kappa shape index (κ3) is 4.43. The zero-order valence-corrected chi connectivity index (χ0v) is 20.3. The maximum Gasteiger partial charge on any atom is 0.225 e. The van der Waals surface area contributed by atoms with Crippen molar-refractivity contribution in [3.63, 3.8) is 0 Å². The van der Waals surface area contributed by atoms with Gasteiger partial charge in [0.25, 0.3) is 0 Å². The molecule has 8 heteroatoms. The summed E-state index contributed by atoms with van der Waals surface area (Å²) in [4.78, 5) is 21.5. The van der Waals surface area contributed by atoms with Gasteiger partial charge in [-0.2, -0.15) is 0 Å². The van der Waals surface area contributed by atoms with Crippen LogP contribution in [0.1, 0.15) is 40.0 Å². The summed E-state index contributed by atoms with van der Waals surface area (Å²) < 4.78 is 11.1. The van der Waals surface area contributed by atoms with Gasteiger partial charge in [-0.3, -0.25) is 9.79 Å². The Balaban J connectivity index is 0.00000280. The molecule has 0 radical (unpaired) electrons. The molecule has 2 heterocycles. The summed E-state index contributed by atoms with van der Waals surface area (Å²) in [6.45, 7) is 11.2. The number of methoxy groups -OCH3 is 1. The Bertz CT molecular complexity index is 572. The van der Waals surface area contributed by atoms with E-state index in [4.69, 9.17) is 9.47 Å². The van der Waals surface area contributed by atoms with Crippen LogP contribution in [0.4, 0.5) is 0 Å². The number of ether oxygens (including phenoxy) is 2. The highest BCUT2D eigenvalue weighted by Crippen LogP contribution is 2.51. The topological polar surface area (TPSA) is 66.4 Å². The molecular weight excluding hydrogens is 471 g/mol. The SMILES string of the molecule is CN=C(NC1CC(C)(OC)C1(C)C)N1CCC(C(=O)N2CCOCC2)CC1.I. The fourth-order valence-corrected chi connectivity index (χ4v) is 4.56. The lowest BCUT2D eigenvalue weighted by molar-refractivity contribution is -0.177. The highest BCUT2D eigenvalue weighted by molar-refractivity contribution is 14.0. The molecule has 3 rings (SSSR count). The van der Waals surface area contributed by atoms with Crippen LogP contribution in [0.3, 0.4) is 0 Å². The lowest BCUT2D eigenvalue weighted by Gasteiger charge is -2.59. The Labute approximate surface area is 186 Å². The van der Waals surface area contributed by atoms with Gasteiger partial charge in [0.05, 0.1) is 18.8 Å². The maximum atomic E-state index is 12.7. The van der Waals surface area contributed by atoms with Gasteiger partial charge in [0, 0.05) is 57.7 Å². The van der Waals surface area contributed by atoms with Crippen LogP contribution in [-0.4, -0.2) is 86.9 Å². The van der Waals surface area contributed by atoms with Crippen LogP contribution in [0.5, 0.6) is 0 Å².